The summed E-state index contributed by atoms with van der Waals surface area (Å²) in [7, 11) is 2.97. The molecule has 0 fully saturated rings. The number of rotatable bonds is 13. The Labute approximate surface area is 284 Å². The van der Waals surface area contributed by atoms with Crippen LogP contribution in [0.5, 0.6) is 23.0 Å². The molecule has 12 nitrogen and oxygen atoms in total. The lowest BCUT2D eigenvalue weighted by Gasteiger charge is -2.28. The third-order valence-corrected chi connectivity index (χ3v) is 7.80. The topological polar surface area (TPSA) is 146 Å². The fourth-order valence-electron chi connectivity index (χ4n) is 4.48. The summed E-state index contributed by atoms with van der Waals surface area (Å²) in [6.07, 6.45) is 1.47. The van der Waals surface area contributed by atoms with Crippen molar-refractivity contribution in [2.75, 3.05) is 27.4 Å². The van der Waals surface area contributed by atoms with Crippen molar-refractivity contribution >= 4 is 58.3 Å². The second-order valence-corrected chi connectivity index (χ2v) is 11.3. The summed E-state index contributed by atoms with van der Waals surface area (Å²) in [5, 5.41) is 9.97. The monoisotopic (exact) mass is 762 g/mol. The molecule has 4 rings (SSSR count). The van der Waals surface area contributed by atoms with Crippen molar-refractivity contribution < 1.29 is 38.1 Å². The van der Waals surface area contributed by atoms with Gasteiger partial charge in [-0.15, -0.1) is 0 Å². The average Bonchev–Trinajstić information content (AvgIpc) is 3.03. The number of nitrogens with zero attached hydrogens (tertiary/aromatic N) is 1. The van der Waals surface area contributed by atoms with Crippen LogP contribution in [-0.2, 0) is 20.9 Å². The summed E-state index contributed by atoms with van der Waals surface area (Å²) in [5.74, 6) is 0.548. The molecule has 1 atom stereocenters. The van der Waals surface area contributed by atoms with Crippen LogP contribution in [0, 0.1) is 3.57 Å². The first-order valence-corrected chi connectivity index (χ1v) is 15.4. The maximum absolute atomic E-state index is 12.6. The first-order valence-electron chi connectivity index (χ1n) is 14.0. The molecule has 3 amide bonds. The van der Waals surface area contributed by atoms with E-state index in [1.165, 1.54) is 20.4 Å². The maximum Gasteiger partial charge on any atom is 0.338 e. The lowest BCUT2D eigenvalue weighted by molar-refractivity contribution is -0.139. The zero-order valence-electron chi connectivity index (χ0n) is 25.4. The van der Waals surface area contributed by atoms with Crippen LogP contribution in [0.2, 0.25) is 5.02 Å². The van der Waals surface area contributed by atoms with Crippen LogP contribution in [0.15, 0.2) is 71.0 Å². The van der Waals surface area contributed by atoms with Gasteiger partial charge in [-0.25, -0.2) is 15.0 Å². The number of benzene rings is 3. The molecule has 0 aliphatic carbocycles. The minimum absolute atomic E-state index is 0.179. The van der Waals surface area contributed by atoms with Crippen molar-refractivity contribution in [2.24, 2.45) is 5.10 Å². The van der Waals surface area contributed by atoms with Crippen molar-refractivity contribution in [3.8, 4) is 23.0 Å². The van der Waals surface area contributed by atoms with E-state index in [1.807, 2.05) is 24.3 Å². The summed E-state index contributed by atoms with van der Waals surface area (Å²) < 4.78 is 28.6. The lowest BCUT2D eigenvalue weighted by Crippen LogP contribution is -2.45. The Morgan fingerprint density at radius 1 is 1.04 bits per heavy atom. The molecule has 3 aromatic rings. The van der Waals surface area contributed by atoms with E-state index in [4.69, 9.17) is 35.3 Å². The number of urea groups is 1. The smallest absolute Gasteiger partial charge is 0.338 e. The summed E-state index contributed by atoms with van der Waals surface area (Å²) in [5.41, 5.74) is 5.15. The molecule has 1 aliphatic rings. The van der Waals surface area contributed by atoms with E-state index in [-0.39, 0.29) is 31.1 Å². The minimum atomic E-state index is -0.780. The van der Waals surface area contributed by atoms with Gasteiger partial charge in [-0.2, -0.15) is 5.10 Å². The standard InChI is InChI=1S/C32H32ClIN4O8/c1-5-44-31(40)28-18(2)36-32(41)37-29(28)20-10-11-24(25(14-20)42-3)45-17-27(39)38-35-15-19-12-23(34)30(26(13-19)43-4)46-16-21-8-6-7-9-22(21)33/h6-15,29H,5,16-17H2,1-4H3,(H,38,39)(H2,36,37,41)/b35-15-/t29-/m0/s1. The van der Waals surface area contributed by atoms with Crippen molar-refractivity contribution in [1.29, 1.82) is 0 Å². The van der Waals surface area contributed by atoms with E-state index in [0.29, 0.717) is 39.1 Å². The number of ether oxygens (including phenoxy) is 5. The highest BCUT2D eigenvalue weighted by Crippen LogP contribution is 2.36. The molecule has 0 saturated carbocycles. The van der Waals surface area contributed by atoms with Crippen LogP contribution in [0.25, 0.3) is 0 Å². The molecular formula is C32H32ClIN4O8. The van der Waals surface area contributed by atoms with Crippen LogP contribution in [0.1, 0.15) is 36.6 Å². The Hall–Kier alpha value is -4.50. The second kappa shape index (κ2) is 16.2. The fourth-order valence-corrected chi connectivity index (χ4v) is 5.45. The molecule has 3 aromatic carbocycles. The first-order chi connectivity index (χ1) is 22.1. The summed E-state index contributed by atoms with van der Waals surface area (Å²) in [6, 6.07) is 14.6. The molecule has 0 radical (unpaired) electrons. The molecule has 1 aliphatic heterocycles. The number of allylic oxidation sites excluding steroid dienone is 1. The van der Waals surface area contributed by atoms with E-state index >= 15 is 0 Å². The van der Waals surface area contributed by atoms with Crippen LogP contribution < -0.4 is 35.0 Å². The minimum Gasteiger partial charge on any atom is -0.493 e. The number of hydrazone groups is 1. The Morgan fingerprint density at radius 2 is 1.80 bits per heavy atom. The highest BCUT2D eigenvalue weighted by atomic mass is 127. The van der Waals surface area contributed by atoms with E-state index < -0.39 is 23.9 Å². The van der Waals surface area contributed by atoms with Gasteiger partial charge in [0.1, 0.15) is 6.61 Å². The Morgan fingerprint density at radius 3 is 2.52 bits per heavy atom. The predicted molar refractivity (Wildman–Crippen MR) is 179 cm³/mol. The third-order valence-electron chi connectivity index (χ3n) is 6.63. The van der Waals surface area contributed by atoms with Crippen molar-refractivity contribution in [2.45, 2.75) is 26.5 Å². The zero-order valence-corrected chi connectivity index (χ0v) is 28.4. The van der Waals surface area contributed by atoms with Gasteiger partial charge in [-0.3, -0.25) is 4.79 Å². The molecule has 46 heavy (non-hydrogen) atoms. The van der Waals surface area contributed by atoms with Crippen LogP contribution in [0.3, 0.4) is 0 Å². The molecule has 242 valence electrons. The van der Waals surface area contributed by atoms with Gasteiger partial charge in [0.15, 0.2) is 29.6 Å². The number of nitrogens with one attached hydrogen (secondary N) is 3. The largest absolute Gasteiger partial charge is 0.493 e. The van der Waals surface area contributed by atoms with Gasteiger partial charge in [-0.05, 0) is 77.9 Å². The van der Waals surface area contributed by atoms with Crippen LogP contribution in [-0.4, -0.2) is 51.6 Å². The lowest BCUT2D eigenvalue weighted by atomic mass is 9.95. The van der Waals surface area contributed by atoms with Crippen molar-refractivity contribution in [1.82, 2.24) is 16.1 Å². The molecule has 1 heterocycles. The van der Waals surface area contributed by atoms with Gasteiger partial charge < -0.3 is 34.3 Å². The number of methoxy groups -OCH3 is 2. The quantitative estimate of drug-likeness (QED) is 0.0926. The molecule has 0 unspecified atom stereocenters. The van der Waals surface area contributed by atoms with Gasteiger partial charge in [0.25, 0.3) is 5.91 Å². The maximum atomic E-state index is 12.6. The number of esters is 1. The molecule has 0 spiro atoms. The van der Waals surface area contributed by atoms with Gasteiger partial charge >= 0.3 is 12.0 Å². The molecular weight excluding hydrogens is 731 g/mol. The highest BCUT2D eigenvalue weighted by Gasteiger charge is 2.32. The summed E-state index contributed by atoms with van der Waals surface area (Å²) >= 11 is 8.38. The average molecular weight is 763 g/mol. The summed E-state index contributed by atoms with van der Waals surface area (Å²) in [4.78, 5) is 37.3. The number of carbonyl (C=O) groups excluding carboxylic acids is 3. The number of hydrogen-bond donors (Lipinski definition) is 3. The van der Waals surface area contributed by atoms with E-state index in [2.05, 4.69) is 43.8 Å². The molecule has 14 heteroatoms. The molecule has 0 saturated heterocycles. The summed E-state index contributed by atoms with van der Waals surface area (Å²) in [6.45, 7) is 3.41. The van der Waals surface area contributed by atoms with E-state index in [9.17, 15) is 14.4 Å². The van der Waals surface area contributed by atoms with Crippen LogP contribution >= 0.6 is 34.2 Å². The third kappa shape index (κ3) is 8.60. The fraction of sp³-hybridized carbons (Fsp3) is 0.250. The highest BCUT2D eigenvalue weighted by molar-refractivity contribution is 14.1. The first kappa shape index (κ1) is 34.4. The van der Waals surface area contributed by atoms with Crippen molar-refractivity contribution in [3.63, 3.8) is 0 Å². The number of amides is 3. The number of hydrogen-bond acceptors (Lipinski definition) is 9. The Balaban J connectivity index is 1.38. The van der Waals surface area contributed by atoms with Gasteiger partial charge in [0.2, 0.25) is 0 Å². The Kier molecular flexibility index (Phi) is 12.1. The SMILES string of the molecule is CCOC(=O)C1=C(C)NC(=O)N[C@H]1c1ccc(OCC(=O)N/N=C\c2cc(I)c(OCc3ccccc3Cl)c(OC)c2)c(OC)c1. The van der Waals surface area contributed by atoms with E-state index in [0.717, 1.165) is 9.13 Å². The Bertz CT molecular complexity index is 1680. The number of carbonyl (C=O) groups is 3. The molecule has 0 aromatic heterocycles. The van der Waals surface area contributed by atoms with Gasteiger partial charge in [-0.1, -0.05) is 35.9 Å². The number of halogens is 2. The van der Waals surface area contributed by atoms with Crippen molar-refractivity contribution in [3.05, 3.63) is 91.2 Å². The van der Waals surface area contributed by atoms with Crippen LogP contribution in [0.4, 0.5) is 4.79 Å². The predicted octanol–water partition coefficient (Wildman–Crippen LogP) is 5.26. The van der Waals surface area contributed by atoms with Gasteiger partial charge in [0.05, 0.1) is 42.2 Å². The van der Waals surface area contributed by atoms with Gasteiger partial charge in [0, 0.05) is 16.3 Å². The second-order valence-electron chi connectivity index (χ2n) is 9.70. The zero-order chi connectivity index (χ0) is 33.2. The normalized spacial score (nSPS) is 14.3. The molecule has 3 N–H and O–H groups in total. The van der Waals surface area contributed by atoms with E-state index in [1.54, 1.807) is 44.2 Å². The molecule has 0 bridgehead atoms.